The summed E-state index contributed by atoms with van der Waals surface area (Å²) < 4.78 is 0. The summed E-state index contributed by atoms with van der Waals surface area (Å²) in [6, 6.07) is 15.0. The molecule has 1 amide bonds. The Morgan fingerprint density at radius 3 is 2.35 bits per heavy atom. The highest BCUT2D eigenvalue weighted by Gasteiger charge is 2.41. The van der Waals surface area contributed by atoms with Gasteiger partial charge in [-0.1, -0.05) is 36.4 Å². The second kappa shape index (κ2) is 6.92. The van der Waals surface area contributed by atoms with Gasteiger partial charge >= 0.3 is 5.97 Å². The average Bonchev–Trinajstić information content (AvgIpc) is 2.98. The second-order valence-corrected chi connectivity index (χ2v) is 7.16. The Balaban J connectivity index is 1.44. The summed E-state index contributed by atoms with van der Waals surface area (Å²) in [5.41, 5.74) is 3.43. The Kier molecular flexibility index (Phi) is 4.47. The van der Waals surface area contributed by atoms with Crippen LogP contribution in [0.4, 0.5) is 0 Å². The van der Waals surface area contributed by atoms with E-state index in [1.807, 2.05) is 41.3 Å². The topological polar surface area (TPSA) is 69.6 Å². The van der Waals surface area contributed by atoms with Crippen LogP contribution in [0, 0.1) is 11.8 Å². The minimum Gasteiger partial charge on any atom is -0.478 e. The molecule has 2 saturated heterocycles. The molecule has 0 saturated carbocycles. The van der Waals surface area contributed by atoms with Gasteiger partial charge in [0.05, 0.1) is 5.56 Å². The van der Waals surface area contributed by atoms with Gasteiger partial charge in [-0.2, -0.15) is 0 Å². The van der Waals surface area contributed by atoms with Crippen molar-refractivity contribution in [2.45, 2.75) is 13.0 Å². The molecule has 2 fully saturated rings. The lowest BCUT2D eigenvalue weighted by molar-refractivity contribution is -0.132. The fourth-order valence-corrected chi connectivity index (χ4v) is 4.02. The SMILES string of the molecule is O=C(O)c1ccc(-c2ccc(CN3C[C@@H]4CNCCC4C3=O)cc2)cc1. The van der Waals surface area contributed by atoms with Gasteiger partial charge in [0.2, 0.25) is 5.91 Å². The first-order valence-electron chi connectivity index (χ1n) is 9.04. The number of amides is 1. The van der Waals surface area contributed by atoms with Crippen LogP contribution in [-0.4, -0.2) is 41.5 Å². The van der Waals surface area contributed by atoms with Crippen LogP contribution in [0.2, 0.25) is 0 Å². The van der Waals surface area contributed by atoms with Crippen molar-refractivity contribution in [3.8, 4) is 11.1 Å². The Morgan fingerprint density at radius 2 is 1.73 bits per heavy atom. The minimum absolute atomic E-state index is 0.197. The van der Waals surface area contributed by atoms with Gasteiger partial charge in [0, 0.05) is 31.5 Å². The first kappa shape index (κ1) is 16.8. The first-order chi connectivity index (χ1) is 12.6. The normalized spacial score (nSPS) is 22.3. The van der Waals surface area contributed by atoms with Crippen molar-refractivity contribution in [1.82, 2.24) is 10.2 Å². The molecule has 5 nitrogen and oxygen atoms in total. The van der Waals surface area contributed by atoms with Crippen molar-refractivity contribution in [2.75, 3.05) is 19.6 Å². The quantitative estimate of drug-likeness (QED) is 0.889. The fraction of sp³-hybridized carbons (Fsp3) is 0.333. The molecule has 2 N–H and O–H groups in total. The van der Waals surface area contributed by atoms with E-state index in [9.17, 15) is 9.59 Å². The van der Waals surface area contributed by atoms with Crippen molar-refractivity contribution < 1.29 is 14.7 Å². The summed E-state index contributed by atoms with van der Waals surface area (Å²) >= 11 is 0. The lowest BCUT2D eigenvalue weighted by Crippen LogP contribution is -2.36. The van der Waals surface area contributed by atoms with Gasteiger partial charge in [-0.05, 0) is 41.8 Å². The third-order valence-electron chi connectivity index (χ3n) is 5.48. The smallest absolute Gasteiger partial charge is 0.335 e. The van der Waals surface area contributed by atoms with Crippen LogP contribution in [0.15, 0.2) is 48.5 Å². The van der Waals surface area contributed by atoms with E-state index < -0.39 is 5.97 Å². The molecule has 2 aliphatic heterocycles. The van der Waals surface area contributed by atoms with Crippen molar-refractivity contribution in [2.24, 2.45) is 11.8 Å². The predicted octanol–water partition coefficient (Wildman–Crippen LogP) is 2.62. The average molecular weight is 350 g/mol. The maximum absolute atomic E-state index is 12.6. The van der Waals surface area contributed by atoms with E-state index in [4.69, 9.17) is 5.11 Å². The van der Waals surface area contributed by atoms with E-state index in [0.29, 0.717) is 18.4 Å². The molecule has 1 unspecified atom stereocenters. The number of nitrogens with one attached hydrogen (secondary N) is 1. The number of nitrogens with zero attached hydrogens (tertiary/aromatic N) is 1. The molecule has 2 aliphatic rings. The molecule has 0 radical (unpaired) electrons. The van der Waals surface area contributed by atoms with Crippen LogP contribution in [0.5, 0.6) is 0 Å². The third-order valence-corrected chi connectivity index (χ3v) is 5.48. The molecule has 0 aliphatic carbocycles. The molecule has 2 atom stereocenters. The van der Waals surface area contributed by atoms with Crippen LogP contribution < -0.4 is 5.32 Å². The van der Waals surface area contributed by atoms with Gasteiger partial charge in [-0.3, -0.25) is 4.79 Å². The highest BCUT2D eigenvalue weighted by molar-refractivity contribution is 5.88. The Bertz CT molecular complexity index is 814. The van der Waals surface area contributed by atoms with Gasteiger partial charge in [-0.25, -0.2) is 4.79 Å². The molecule has 2 aromatic carbocycles. The van der Waals surface area contributed by atoms with Crippen molar-refractivity contribution >= 4 is 11.9 Å². The Labute approximate surface area is 152 Å². The molecular formula is C21H22N2O3. The standard InChI is InChI=1S/C21H22N2O3/c24-20-19-9-10-22-11-18(19)13-23(20)12-14-1-3-15(4-2-14)16-5-7-17(8-6-16)21(25)26/h1-8,18-19,22H,9-13H2,(H,25,26)/t18-,19?/m0/s1. The van der Waals surface area contributed by atoms with Gasteiger partial charge in [0.15, 0.2) is 0 Å². The Morgan fingerprint density at radius 1 is 1.08 bits per heavy atom. The second-order valence-electron chi connectivity index (χ2n) is 7.16. The van der Waals surface area contributed by atoms with Crippen LogP contribution >= 0.6 is 0 Å². The number of carboxylic acids is 1. The number of piperidine rings is 1. The summed E-state index contributed by atoms with van der Waals surface area (Å²) in [6.07, 6.45) is 0.950. The van der Waals surface area contributed by atoms with Gasteiger partial charge in [-0.15, -0.1) is 0 Å². The minimum atomic E-state index is -0.919. The summed E-state index contributed by atoms with van der Waals surface area (Å²) in [5.74, 6) is 0.0225. The molecule has 0 bridgehead atoms. The van der Waals surface area contributed by atoms with Gasteiger partial charge < -0.3 is 15.3 Å². The highest BCUT2D eigenvalue weighted by atomic mass is 16.4. The number of likely N-dealkylation sites (tertiary alicyclic amines) is 1. The molecule has 26 heavy (non-hydrogen) atoms. The molecule has 2 heterocycles. The summed E-state index contributed by atoms with van der Waals surface area (Å²) in [7, 11) is 0. The van der Waals surface area contributed by atoms with E-state index in [-0.39, 0.29) is 11.5 Å². The van der Waals surface area contributed by atoms with E-state index in [0.717, 1.165) is 42.7 Å². The third kappa shape index (κ3) is 3.22. The number of aromatic carboxylic acids is 1. The molecular weight excluding hydrogens is 328 g/mol. The number of carbonyl (C=O) groups is 2. The Hall–Kier alpha value is -2.66. The fourth-order valence-electron chi connectivity index (χ4n) is 4.02. The lowest BCUT2D eigenvalue weighted by Gasteiger charge is -2.22. The molecule has 5 heteroatoms. The monoisotopic (exact) mass is 350 g/mol. The van der Waals surface area contributed by atoms with E-state index in [1.54, 1.807) is 12.1 Å². The maximum Gasteiger partial charge on any atom is 0.335 e. The summed E-state index contributed by atoms with van der Waals surface area (Å²) in [5, 5.41) is 12.4. The molecule has 2 aromatic rings. The van der Waals surface area contributed by atoms with Crippen molar-refractivity contribution in [3.63, 3.8) is 0 Å². The zero-order valence-corrected chi connectivity index (χ0v) is 14.5. The highest BCUT2D eigenvalue weighted by Crippen LogP contribution is 2.30. The van der Waals surface area contributed by atoms with Crippen LogP contribution in [0.25, 0.3) is 11.1 Å². The number of hydrogen-bond acceptors (Lipinski definition) is 3. The largest absolute Gasteiger partial charge is 0.478 e. The summed E-state index contributed by atoms with van der Waals surface area (Å²) in [6.45, 7) is 3.38. The van der Waals surface area contributed by atoms with E-state index in [2.05, 4.69) is 5.32 Å². The number of carboxylic acid groups (broad SMARTS) is 1. The number of hydrogen-bond donors (Lipinski definition) is 2. The lowest BCUT2D eigenvalue weighted by atomic mass is 9.89. The number of benzene rings is 2. The number of fused-ring (bicyclic) bond motifs is 1. The first-order valence-corrected chi connectivity index (χ1v) is 9.04. The van der Waals surface area contributed by atoms with Crippen LogP contribution in [-0.2, 0) is 11.3 Å². The van der Waals surface area contributed by atoms with Gasteiger partial charge in [0.25, 0.3) is 0 Å². The molecule has 0 aromatic heterocycles. The number of carbonyl (C=O) groups excluding carboxylic acids is 1. The maximum atomic E-state index is 12.6. The summed E-state index contributed by atoms with van der Waals surface area (Å²) in [4.78, 5) is 25.5. The predicted molar refractivity (Wildman–Crippen MR) is 98.7 cm³/mol. The van der Waals surface area contributed by atoms with Crippen LogP contribution in [0.3, 0.4) is 0 Å². The van der Waals surface area contributed by atoms with Crippen molar-refractivity contribution in [3.05, 3.63) is 59.7 Å². The zero-order valence-electron chi connectivity index (χ0n) is 14.5. The molecule has 4 rings (SSSR count). The van der Waals surface area contributed by atoms with Crippen molar-refractivity contribution in [1.29, 1.82) is 0 Å². The number of rotatable bonds is 4. The van der Waals surface area contributed by atoms with Gasteiger partial charge in [0.1, 0.15) is 0 Å². The van der Waals surface area contributed by atoms with E-state index >= 15 is 0 Å². The van der Waals surface area contributed by atoms with E-state index in [1.165, 1.54) is 0 Å². The molecule has 0 spiro atoms. The molecule has 134 valence electrons. The van der Waals surface area contributed by atoms with Crippen LogP contribution in [0.1, 0.15) is 22.3 Å². The zero-order chi connectivity index (χ0) is 18.1.